The van der Waals surface area contributed by atoms with Crippen molar-refractivity contribution in [2.75, 3.05) is 0 Å². The maximum absolute atomic E-state index is 11.8. The van der Waals surface area contributed by atoms with E-state index in [-0.39, 0.29) is 0 Å². The SMILES string of the molecule is O=C(O)[C@@]12C#CC[C@H]1[C@@H]1CCC3CCCC[C@@H]3[C@H]1CC2. The lowest BCUT2D eigenvalue weighted by Gasteiger charge is -2.53. The van der Waals surface area contributed by atoms with Gasteiger partial charge in [-0.25, -0.2) is 0 Å². The normalized spacial score (nSPS) is 49.3. The van der Waals surface area contributed by atoms with Gasteiger partial charge in [0.2, 0.25) is 0 Å². The smallest absolute Gasteiger partial charge is 0.322 e. The highest BCUT2D eigenvalue weighted by molar-refractivity contribution is 5.80. The fraction of sp³-hybridized carbons (Fsp3) is 0.833. The number of aliphatic carboxylic acids is 1. The highest BCUT2D eigenvalue weighted by Crippen LogP contribution is 2.59. The average molecular weight is 272 g/mol. The lowest BCUT2D eigenvalue weighted by Crippen LogP contribution is -2.50. The Morgan fingerprint density at radius 1 is 1.00 bits per heavy atom. The van der Waals surface area contributed by atoms with Crippen LogP contribution >= 0.6 is 0 Å². The second kappa shape index (κ2) is 4.52. The van der Waals surface area contributed by atoms with Crippen molar-refractivity contribution in [2.24, 2.45) is 35.0 Å². The van der Waals surface area contributed by atoms with Gasteiger partial charge in [0, 0.05) is 12.3 Å². The minimum absolute atomic E-state index is 0.293. The molecule has 4 aliphatic carbocycles. The predicted molar refractivity (Wildman–Crippen MR) is 76.8 cm³/mol. The standard InChI is InChI=1S/C18H24O2/c19-17(20)18-10-3-6-16(18)15-8-7-12-4-1-2-5-13(12)14(15)9-11-18/h12-16H,1-2,4-9,11H2,(H,19,20)/t12?,13-,14+,15+,16-,18+/m0/s1. The Morgan fingerprint density at radius 3 is 2.70 bits per heavy atom. The van der Waals surface area contributed by atoms with Crippen LogP contribution in [0.25, 0.3) is 0 Å². The molecule has 0 radical (unpaired) electrons. The van der Waals surface area contributed by atoms with Crippen LogP contribution in [0.1, 0.15) is 57.8 Å². The van der Waals surface area contributed by atoms with Crippen LogP contribution in [-0.4, -0.2) is 11.1 Å². The molecular weight excluding hydrogens is 248 g/mol. The molecule has 3 fully saturated rings. The number of carboxylic acid groups (broad SMARTS) is 1. The number of carboxylic acids is 1. The Bertz CT molecular complexity index is 485. The zero-order chi connectivity index (χ0) is 13.7. The fourth-order valence-corrected chi connectivity index (χ4v) is 6.09. The number of carbonyl (C=O) groups is 1. The number of rotatable bonds is 1. The van der Waals surface area contributed by atoms with Gasteiger partial charge >= 0.3 is 5.97 Å². The maximum Gasteiger partial charge on any atom is 0.322 e. The molecule has 108 valence electrons. The van der Waals surface area contributed by atoms with E-state index in [4.69, 9.17) is 0 Å². The van der Waals surface area contributed by atoms with Gasteiger partial charge in [-0.3, -0.25) is 4.79 Å². The second-order valence-corrected chi connectivity index (χ2v) is 7.54. The van der Waals surface area contributed by atoms with Gasteiger partial charge in [0.1, 0.15) is 5.41 Å². The first-order valence-electron chi connectivity index (χ1n) is 8.46. The van der Waals surface area contributed by atoms with Crippen molar-refractivity contribution in [3.8, 4) is 11.8 Å². The van der Waals surface area contributed by atoms with Crippen molar-refractivity contribution in [3.63, 3.8) is 0 Å². The van der Waals surface area contributed by atoms with Gasteiger partial charge in [-0.15, -0.1) is 5.92 Å². The molecule has 0 aromatic rings. The minimum atomic E-state index is -0.678. The van der Waals surface area contributed by atoms with E-state index in [2.05, 4.69) is 11.8 Å². The molecular formula is C18H24O2. The van der Waals surface area contributed by atoms with Crippen molar-refractivity contribution in [2.45, 2.75) is 57.8 Å². The summed E-state index contributed by atoms with van der Waals surface area (Å²) in [6.07, 6.45) is 11.0. The van der Waals surface area contributed by atoms with E-state index in [0.29, 0.717) is 11.8 Å². The Morgan fingerprint density at radius 2 is 1.85 bits per heavy atom. The van der Waals surface area contributed by atoms with Crippen molar-refractivity contribution >= 4 is 5.97 Å². The van der Waals surface area contributed by atoms with Crippen molar-refractivity contribution in [1.82, 2.24) is 0 Å². The molecule has 2 nitrogen and oxygen atoms in total. The van der Waals surface area contributed by atoms with E-state index in [9.17, 15) is 9.90 Å². The topological polar surface area (TPSA) is 37.3 Å². The molecule has 0 saturated heterocycles. The third-order valence-corrected chi connectivity index (χ3v) is 6.98. The molecule has 6 atom stereocenters. The van der Waals surface area contributed by atoms with Gasteiger partial charge in [0.05, 0.1) is 0 Å². The first kappa shape index (κ1) is 12.7. The largest absolute Gasteiger partial charge is 0.480 e. The first-order chi connectivity index (χ1) is 9.72. The summed E-state index contributed by atoms with van der Waals surface area (Å²) >= 11 is 0. The van der Waals surface area contributed by atoms with E-state index >= 15 is 0 Å². The lowest BCUT2D eigenvalue weighted by molar-refractivity contribution is -0.155. The van der Waals surface area contributed by atoms with Gasteiger partial charge in [-0.05, 0) is 55.8 Å². The Hall–Kier alpha value is -0.970. The number of hydrogen-bond acceptors (Lipinski definition) is 1. The van der Waals surface area contributed by atoms with Crippen LogP contribution in [0.2, 0.25) is 0 Å². The molecule has 1 unspecified atom stereocenters. The van der Waals surface area contributed by atoms with Crippen molar-refractivity contribution in [3.05, 3.63) is 0 Å². The van der Waals surface area contributed by atoms with Crippen LogP contribution in [-0.2, 0) is 4.79 Å². The molecule has 0 spiro atoms. The molecule has 1 N–H and O–H groups in total. The third-order valence-electron chi connectivity index (χ3n) is 6.98. The molecule has 4 aliphatic rings. The molecule has 0 aromatic carbocycles. The number of hydrogen-bond donors (Lipinski definition) is 1. The molecule has 3 saturated carbocycles. The summed E-state index contributed by atoms with van der Waals surface area (Å²) in [6, 6.07) is 0. The molecule has 0 bridgehead atoms. The fourth-order valence-electron chi connectivity index (χ4n) is 6.09. The summed E-state index contributed by atoms with van der Waals surface area (Å²) in [4.78, 5) is 11.8. The minimum Gasteiger partial charge on any atom is -0.480 e. The zero-order valence-electron chi connectivity index (χ0n) is 12.1. The first-order valence-corrected chi connectivity index (χ1v) is 8.46. The summed E-state index contributed by atoms with van der Waals surface area (Å²) in [6.45, 7) is 0. The average Bonchev–Trinajstić information content (AvgIpc) is 2.92. The summed E-state index contributed by atoms with van der Waals surface area (Å²) in [5, 5.41) is 9.72. The maximum atomic E-state index is 11.8. The van der Waals surface area contributed by atoms with E-state index in [1.165, 1.54) is 38.5 Å². The monoisotopic (exact) mass is 272 g/mol. The zero-order valence-corrected chi connectivity index (χ0v) is 12.1. The Labute approximate surface area is 121 Å². The van der Waals surface area contributed by atoms with E-state index < -0.39 is 11.4 Å². The molecule has 20 heavy (non-hydrogen) atoms. The molecule has 0 heterocycles. The summed E-state index contributed by atoms with van der Waals surface area (Å²) < 4.78 is 0. The highest BCUT2D eigenvalue weighted by atomic mass is 16.4. The van der Waals surface area contributed by atoms with Crippen LogP contribution in [0.4, 0.5) is 0 Å². The molecule has 0 aromatic heterocycles. The van der Waals surface area contributed by atoms with Crippen LogP contribution in [0, 0.1) is 46.8 Å². The van der Waals surface area contributed by atoms with Gasteiger partial charge in [-0.2, -0.15) is 0 Å². The van der Waals surface area contributed by atoms with Crippen molar-refractivity contribution in [1.29, 1.82) is 0 Å². The Balaban J connectivity index is 1.62. The third kappa shape index (κ3) is 1.62. The van der Waals surface area contributed by atoms with Gasteiger partial charge in [-0.1, -0.05) is 25.2 Å². The molecule has 2 heteroatoms. The van der Waals surface area contributed by atoms with Gasteiger partial charge < -0.3 is 5.11 Å². The van der Waals surface area contributed by atoms with Crippen LogP contribution in [0.5, 0.6) is 0 Å². The van der Waals surface area contributed by atoms with Gasteiger partial charge in [0.25, 0.3) is 0 Å². The lowest BCUT2D eigenvalue weighted by atomic mass is 9.50. The molecule has 4 rings (SSSR count). The summed E-state index contributed by atoms with van der Waals surface area (Å²) in [7, 11) is 0. The van der Waals surface area contributed by atoms with Crippen LogP contribution in [0.3, 0.4) is 0 Å². The van der Waals surface area contributed by atoms with E-state index in [0.717, 1.165) is 37.0 Å². The quantitative estimate of drug-likeness (QED) is 0.739. The van der Waals surface area contributed by atoms with Crippen molar-refractivity contribution < 1.29 is 9.90 Å². The predicted octanol–water partition coefficient (Wildman–Crippen LogP) is 3.71. The van der Waals surface area contributed by atoms with Crippen LogP contribution in [0.15, 0.2) is 0 Å². The Kier molecular flexibility index (Phi) is 2.88. The number of fused-ring (bicyclic) bond motifs is 5. The highest BCUT2D eigenvalue weighted by Gasteiger charge is 2.57. The summed E-state index contributed by atoms with van der Waals surface area (Å²) in [5.41, 5.74) is -0.678. The van der Waals surface area contributed by atoms with Gasteiger partial charge in [0.15, 0.2) is 0 Å². The molecule has 0 aliphatic heterocycles. The summed E-state index contributed by atoms with van der Waals surface area (Å²) in [5.74, 6) is 9.21. The van der Waals surface area contributed by atoms with E-state index in [1.54, 1.807) is 0 Å². The molecule has 0 amide bonds. The van der Waals surface area contributed by atoms with Crippen LogP contribution < -0.4 is 0 Å². The van der Waals surface area contributed by atoms with E-state index in [1.807, 2.05) is 0 Å². The second-order valence-electron chi connectivity index (χ2n) is 7.54.